The highest BCUT2D eigenvalue weighted by molar-refractivity contribution is 7.10. The molecule has 4 nitrogen and oxygen atoms in total. The van der Waals surface area contributed by atoms with Gasteiger partial charge < -0.3 is 10.1 Å². The normalized spacial score (nSPS) is 15.9. The minimum absolute atomic E-state index is 0.0635. The molecule has 0 saturated carbocycles. The maximum Gasteiger partial charge on any atom is 0.246 e. The summed E-state index contributed by atoms with van der Waals surface area (Å²) in [7, 11) is 1.54. The highest BCUT2D eigenvalue weighted by atomic mass is 32.1. The van der Waals surface area contributed by atoms with Gasteiger partial charge in [0.2, 0.25) is 5.91 Å². The first-order valence-corrected chi connectivity index (χ1v) is 8.76. The van der Waals surface area contributed by atoms with Crippen LogP contribution in [-0.4, -0.2) is 37.6 Å². The Hall–Kier alpha value is -1.69. The first-order chi connectivity index (χ1) is 11.3. The monoisotopic (exact) mass is 330 g/mol. The zero-order chi connectivity index (χ0) is 16.1. The number of rotatable bonds is 6. The van der Waals surface area contributed by atoms with E-state index in [1.54, 1.807) is 11.3 Å². The molecule has 1 aromatic carbocycles. The van der Waals surface area contributed by atoms with Crippen LogP contribution in [0.3, 0.4) is 0 Å². The van der Waals surface area contributed by atoms with Crippen LogP contribution in [0.4, 0.5) is 0 Å². The van der Waals surface area contributed by atoms with Crippen LogP contribution in [0.2, 0.25) is 0 Å². The van der Waals surface area contributed by atoms with E-state index in [0.29, 0.717) is 6.54 Å². The quantitative estimate of drug-likeness (QED) is 0.885. The van der Waals surface area contributed by atoms with Gasteiger partial charge in [0, 0.05) is 31.6 Å². The lowest BCUT2D eigenvalue weighted by molar-refractivity contribution is -0.125. The number of amides is 1. The number of nitrogens with one attached hydrogen (secondary N) is 1. The number of thiophene rings is 1. The van der Waals surface area contributed by atoms with Crippen LogP contribution in [-0.2, 0) is 22.5 Å². The maximum absolute atomic E-state index is 11.7. The number of ether oxygens (including phenoxy) is 1. The Balaban J connectivity index is 1.73. The third-order valence-electron chi connectivity index (χ3n) is 4.24. The molecule has 0 unspecified atom stereocenters. The van der Waals surface area contributed by atoms with Crippen molar-refractivity contribution in [2.75, 3.05) is 26.8 Å². The summed E-state index contributed by atoms with van der Waals surface area (Å²) in [4.78, 5) is 15.5. The van der Waals surface area contributed by atoms with Gasteiger partial charge in [-0.25, -0.2) is 0 Å². The van der Waals surface area contributed by atoms with Crippen molar-refractivity contribution >= 4 is 17.2 Å². The fourth-order valence-corrected chi connectivity index (χ4v) is 3.93. The van der Waals surface area contributed by atoms with Gasteiger partial charge in [-0.3, -0.25) is 9.69 Å². The Kier molecular flexibility index (Phi) is 5.43. The molecule has 122 valence electrons. The fourth-order valence-electron chi connectivity index (χ4n) is 3.07. The first-order valence-electron chi connectivity index (χ1n) is 7.88. The number of hydrogen-bond acceptors (Lipinski definition) is 4. The molecule has 0 fully saturated rings. The molecule has 0 spiro atoms. The van der Waals surface area contributed by atoms with Crippen LogP contribution < -0.4 is 5.32 Å². The van der Waals surface area contributed by atoms with Crippen LogP contribution >= 0.6 is 11.3 Å². The van der Waals surface area contributed by atoms with Gasteiger partial charge in [0.1, 0.15) is 6.61 Å². The van der Waals surface area contributed by atoms with Gasteiger partial charge in [-0.1, -0.05) is 30.3 Å². The van der Waals surface area contributed by atoms with E-state index in [2.05, 4.69) is 52.0 Å². The molecule has 23 heavy (non-hydrogen) atoms. The predicted molar refractivity (Wildman–Crippen MR) is 92.5 cm³/mol. The van der Waals surface area contributed by atoms with Gasteiger partial charge in [0.05, 0.1) is 6.04 Å². The highest BCUT2D eigenvalue weighted by Gasteiger charge is 2.25. The molecule has 1 N–H and O–H groups in total. The Bertz CT molecular complexity index is 642. The molecule has 3 rings (SSSR count). The van der Waals surface area contributed by atoms with E-state index in [1.165, 1.54) is 23.1 Å². The van der Waals surface area contributed by atoms with E-state index in [1.807, 2.05) is 0 Å². The Morgan fingerprint density at radius 3 is 2.87 bits per heavy atom. The smallest absolute Gasteiger partial charge is 0.246 e. The van der Waals surface area contributed by atoms with Crippen LogP contribution in [0.1, 0.15) is 22.0 Å². The third-order valence-corrected chi connectivity index (χ3v) is 5.21. The van der Waals surface area contributed by atoms with Crippen molar-refractivity contribution in [3.05, 3.63) is 57.8 Å². The van der Waals surface area contributed by atoms with Crippen molar-refractivity contribution < 1.29 is 9.53 Å². The van der Waals surface area contributed by atoms with E-state index in [0.717, 1.165) is 19.5 Å². The van der Waals surface area contributed by atoms with E-state index in [4.69, 9.17) is 4.74 Å². The summed E-state index contributed by atoms with van der Waals surface area (Å²) < 4.78 is 4.90. The number of nitrogens with zero attached hydrogens (tertiary/aromatic N) is 1. The first kappa shape index (κ1) is 16.2. The Morgan fingerprint density at radius 2 is 2.13 bits per heavy atom. The zero-order valence-electron chi connectivity index (χ0n) is 13.3. The molecule has 2 aromatic rings. The second kappa shape index (κ2) is 7.73. The number of methoxy groups -OCH3 is 1. The summed E-state index contributed by atoms with van der Waals surface area (Å²) >= 11 is 1.75. The SMILES string of the molecule is COCC(=O)NC[C@H](c1cccs1)N1CCc2ccccc2C1. The number of carbonyl (C=O) groups excluding carboxylic acids is 1. The van der Waals surface area contributed by atoms with Gasteiger partial charge in [-0.2, -0.15) is 0 Å². The van der Waals surface area contributed by atoms with Crippen molar-refractivity contribution in [1.82, 2.24) is 10.2 Å². The summed E-state index contributed by atoms with van der Waals surface area (Å²) in [5.41, 5.74) is 2.83. The second-order valence-corrected chi connectivity index (χ2v) is 6.74. The lowest BCUT2D eigenvalue weighted by atomic mass is 9.98. The molecule has 2 heterocycles. The summed E-state index contributed by atoms with van der Waals surface area (Å²) in [6.07, 6.45) is 1.06. The van der Waals surface area contributed by atoms with Crippen molar-refractivity contribution in [3.8, 4) is 0 Å². The van der Waals surface area contributed by atoms with E-state index in [-0.39, 0.29) is 18.6 Å². The lowest BCUT2D eigenvalue weighted by Gasteiger charge is -2.35. The molecule has 0 saturated heterocycles. The van der Waals surface area contributed by atoms with Crippen molar-refractivity contribution in [2.45, 2.75) is 19.0 Å². The number of fused-ring (bicyclic) bond motifs is 1. The minimum atomic E-state index is -0.0635. The van der Waals surface area contributed by atoms with Crippen molar-refractivity contribution in [3.63, 3.8) is 0 Å². The Morgan fingerprint density at radius 1 is 1.30 bits per heavy atom. The lowest BCUT2D eigenvalue weighted by Crippen LogP contribution is -2.41. The van der Waals surface area contributed by atoms with Crippen LogP contribution in [0, 0.1) is 0 Å². The van der Waals surface area contributed by atoms with Gasteiger partial charge in [-0.15, -0.1) is 11.3 Å². The molecular weight excluding hydrogens is 308 g/mol. The largest absolute Gasteiger partial charge is 0.375 e. The molecule has 1 aromatic heterocycles. The minimum Gasteiger partial charge on any atom is -0.375 e. The number of carbonyl (C=O) groups is 1. The van der Waals surface area contributed by atoms with Gasteiger partial charge >= 0.3 is 0 Å². The van der Waals surface area contributed by atoms with E-state index >= 15 is 0 Å². The third kappa shape index (κ3) is 3.99. The molecule has 1 amide bonds. The van der Waals surface area contributed by atoms with Crippen LogP contribution in [0.15, 0.2) is 41.8 Å². The van der Waals surface area contributed by atoms with Crippen LogP contribution in [0.5, 0.6) is 0 Å². The molecule has 0 bridgehead atoms. The summed E-state index contributed by atoms with van der Waals surface area (Å²) in [6, 6.07) is 13.1. The molecule has 0 radical (unpaired) electrons. The number of hydrogen-bond donors (Lipinski definition) is 1. The highest BCUT2D eigenvalue weighted by Crippen LogP contribution is 2.29. The molecule has 1 aliphatic heterocycles. The Labute approximate surface area is 141 Å². The molecular formula is C18H22N2O2S. The van der Waals surface area contributed by atoms with E-state index < -0.39 is 0 Å². The average Bonchev–Trinajstić information content (AvgIpc) is 3.09. The zero-order valence-corrected chi connectivity index (χ0v) is 14.1. The number of benzene rings is 1. The predicted octanol–water partition coefficient (Wildman–Crippen LogP) is 2.61. The fraction of sp³-hybridized carbons (Fsp3) is 0.389. The van der Waals surface area contributed by atoms with Crippen molar-refractivity contribution in [1.29, 1.82) is 0 Å². The molecule has 1 aliphatic rings. The van der Waals surface area contributed by atoms with Gasteiger partial charge in [0.15, 0.2) is 0 Å². The second-order valence-electron chi connectivity index (χ2n) is 5.76. The summed E-state index contributed by atoms with van der Waals surface area (Å²) in [5, 5.41) is 5.09. The molecule has 1 atom stereocenters. The van der Waals surface area contributed by atoms with E-state index in [9.17, 15) is 4.79 Å². The maximum atomic E-state index is 11.7. The molecule has 5 heteroatoms. The topological polar surface area (TPSA) is 41.6 Å². The molecule has 0 aliphatic carbocycles. The standard InChI is InChI=1S/C18H22N2O2S/c1-22-13-18(21)19-11-16(17-7-4-10-23-17)20-9-8-14-5-2-3-6-15(14)12-20/h2-7,10,16H,8-9,11-13H2,1H3,(H,19,21)/t16-/m1/s1. The summed E-state index contributed by atoms with van der Waals surface area (Å²) in [5.74, 6) is -0.0635. The van der Waals surface area contributed by atoms with Gasteiger partial charge in [0.25, 0.3) is 0 Å². The van der Waals surface area contributed by atoms with Gasteiger partial charge in [-0.05, 0) is 29.0 Å². The average molecular weight is 330 g/mol. The van der Waals surface area contributed by atoms with Crippen LogP contribution in [0.25, 0.3) is 0 Å². The summed E-state index contributed by atoms with van der Waals surface area (Å²) in [6.45, 7) is 2.67. The van der Waals surface area contributed by atoms with Crippen molar-refractivity contribution in [2.24, 2.45) is 0 Å².